The van der Waals surface area contributed by atoms with Crippen LogP contribution in [0.25, 0.3) is 0 Å². The SMILES string of the molecule is COC(=O)[C@]1(NC(=O)c2ccccc2)ON=C(c2c(Cl)cccc2Cl)[C@H]1c1ccccc1. The lowest BCUT2D eigenvalue weighted by molar-refractivity contribution is -0.171. The van der Waals surface area contributed by atoms with E-state index >= 15 is 0 Å². The van der Waals surface area contributed by atoms with Crippen molar-refractivity contribution in [2.24, 2.45) is 5.16 Å². The van der Waals surface area contributed by atoms with Crippen LogP contribution in [0.4, 0.5) is 0 Å². The van der Waals surface area contributed by atoms with Crippen molar-refractivity contribution in [2.45, 2.75) is 11.6 Å². The van der Waals surface area contributed by atoms with E-state index < -0.39 is 23.5 Å². The maximum absolute atomic E-state index is 13.1. The second-order valence-electron chi connectivity index (χ2n) is 7.06. The van der Waals surface area contributed by atoms with Crippen LogP contribution in [0.3, 0.4) is 0 Å². The normalized spacial score (nSPS) is 19.6. The maximum Gasteiger partial charge on any atom is 0.375 e. The van der Waals surface area contributed by atoms with Crippen LogP contribution in [-0.4, -0.2) is 30.4 Å². The fourth-order valence-electron chi connectivity index (χ4n) is 3.67. The Bertz CT molecular complexity index is 1160. The molecule has 2 atom stereocenters. The summed E-state index contributed by atoms with van der Waals surface area (Å²) >= 11 is 12.9. The molecule has 1 aliphatic rings. The molecule has 3 aromatic rings. The van der Waals surface area contributed by atoms with E-state index in [0.29, 0.717) is 32.4 Å². The number of amides is 1. The van der Waals surface area contributed by atoms with Crippen LogP contribution in [0.1, 0.15) is 27.4 Å². The molecule has 1 amide bonds. The minimum atomic E-state index is -1.97. The van der Waals surface area contributed by atoms with Crippen molar-refractivity contribution in [1.29, 1.82) is 0 Å². The predicted octanol–water partition coefficient (Wildman–Crippen LogP) is 4.81. The summed E-state index contributed by atoms with van der Waals surface area (Å²) in [6.07, 6.45) is 0. The van der Waals surface area contributed by atoms with Crippen LogP contribution >= 0.6 is 23.2 Å². The van der Waals surface area contributed by atoms with Gasteiger partial charge >= 0.3 is 11.7 Å². The van der Waals surface area contributed by atoms with Gasteiger partial charge in [0.2, 0.25) is 0 Å². The van der Waals surface area contributed by atoms with Crippen molar-refractivity contribution in [3.8, 4) is 0 Å². The van der Waals surface area contributed by atoms with Gasteiger partial charge in [-0.1, -0.05) is 83.0 Å². The molecule has 0 bridgehead atoms. The average molecular weight is 469 g/mol. The summed E-state index contributed by atoms with van der Waals surface area (Å²) in [6.45, 7) is 0. The second-order valence-corrected chi connectivity index (χ2v) is 7.87. The van der Waals surface area contributed by atoms with Gasteiger partial charge in [-0.15, -0.1) is 0 Å². The van der Waals surface area contributed by atoms with E-state index in [4.69, 9.17) is 32.8 Å². The standard InChI is InChI=1S/C24H18Cl2N2O4/c1-31-23(30)24(27-22(29)16-11-6-3-7-12-16)20(15-9-4-2-5-10-15)21(28-32-24)19-17(25)13-8-14-18(19)26/h2-14,20H,1H3,(H,27,29)/t20-,24-/m1/s1. The first kappa shape index (κ1) is 21.9. The van der Waals surface area contributed by atoms with Crippen LogP contribution < -0.4 is 5.32 Å². The lowest BCUT2D eigenvalue weighted by Crippen LogP contribution is -2.59. The molecular formula is C24H18Cl2N2O4. The molecule has 0 aromatic heterocycles. The van der Waals surface area contributed by atoms with Gasteiger partial charge in [-0.2, -0.15) is 0 Å². The zero-order valence-corrected chi connectivity index (χ0v) is 18.4. The Morgan fingerprint density at radius 3 is 2.12 bits per heavy atom. The number of hydrogen-bond donors (Lipinski definition) is 1. The Morgan fingerprint density at radius 1 is 0.938 bits per heavy atom. The summed E-state index contributed by atoms with van der Waals surface area (Å²) in [5, 5.41) is 7.56. The van der Waals surface area contributed by atoms with Crippen LogP contribution in [-0.2, 0) is 14.4 Å². The highest BCUT2D eigenvalue weighted by Crippen LogP contribution is 2.42. The molecular weight excluding hydrogens is 451 g/mol. The van der Waals surface area contributed by atoms with Gasteiger partial charge < -0.3 is 14.9 Å². The molecule has 162 valence electrons. The number of esters is 1. The van der Waals surface area contributed by atoms with Crippen molar-refractivity contribution in [3.05, 3.63) is 106 Å². The minimum absolute atomic E-state index is 0.297. The van der Waals surface area contributed by atoms with Crippen molar-refractivity contribution >= 4 is 40.8 Å². The van der Waals surface area contributed by atoms with Gasteiger partial charge in [-0.05, 0) is 29.8 Å². The van der Waals surface area contributed by atoms with Crippen molar-refractivity contribution in [1.82, 2.24) is 5.32 Å². The highest BCUT2D eigenvalue weighted by atomic mass is 35.5. The van der Waals surface area contributed by atoms with E-state index in [9.17, 15) is 9.59 Å². The van der Waals surface area contributed by atoms with Crippen molar-refractivity contribution < 1.29 is 19.2 Å². The first-order chi connectivity index (χ1) is 15.5. The summed E-state index contributed by atoms with van der Waals surface area (Å²) in [7, 11) is 1.21. The van der Waals surface area contributed by atoms with Crippen LogP contribution in [0, 0.1) is 0 Å². The van der Waals surface area contributed by atoms with E-state index in [1.54, 1.807) is 72.8 Å². The van der Waals surface area contributed by atoms with E-state index in [1.165, 1.54) is 7.11 Å². The number of methoxy groups -OCH3 is 1. The van der Waals surface area contributed by atoms with E-state index in [-0.39, 0.29) is 0 Å². The number of ether oxygens (including phenoxy) is 1. The molecule has 0 saturated carbocycles. The number of halogens is 2. The van der Waals surface area contributed by atoms with Crippen molar-refractivity contribution in [3.63, 3.8) is 0 Å². The molecule has 32 heavy (non-hydrogen) atoms. The molecule has 0 aliphatic carbocycles. The third kappa shape index (κ3) is 3.83. The fourth-order valence-corrected chi connectivity index (χ4v) is 4.26. The first-order valence-corrected chi connectivity index (χ1v) is 10.4. The molecule has 0 saturated heterocycles. The molecule has 3 aromatic carbocycles. The number of nitrogens with one attached hydrogen (secondary N) is 1. The molecule has 8 heteroatoms. The van der Waals surface area contributed by atoms with E-state index in [0.717, 1.165) is 0 Å². The Morgan fingerprint density at radius 2 is 1.53 bits per heavy atom. The minimum Gasteiger partial charge on any atom is -0.464 e. The number of nitrogens with zero attached hydrogens (tertiary/aromatic N) is 1. The van der Waals surface area contributed by atoms with Gasteiger partial charge in [-0.25, -0.2) is 4.79 Å². The number of benzene rings is 3. The number of rotatable bonds is 5. The number of oxime groups is 1. The molecule has 0 fully saturated rings. The number of hydrogen-bond acceptors (Lipinski definition) is 5. The highest BCUT2D eigenvalue weighted by Gasteiger charge is 2.59. The first-order valence-electron chi connectivity index (χ1n) is 9.69. The summed E-state index contributed by atoms with van der Waals surface area (Å²) in [4.78, 5) is 31.9. The Kier molecular flexibility index (Phi) is 6.17. The van der Waals surface area contributed by atoms with Gasteiger partial charge in [0.05, 0.1) is 17.2 Å². The second kappa shape index (κ2) is 9.02. The average Bonchev–Trinajstić information content (AvgIpc) is 3.19. The number of carbonyl (C=O) groups excluding carboxylic acids is 2. The lowest BCUT2D eigenvalue weighted by Gasteiger charge is -2.31. The van der Waals surface area contributed by atoms with Gasteiger partial charge in [0.25, 0.3) is 5.91 Å². The Labute approximate surface area is 194 Å². The molecule has 6 nitrogen and oxygen atoms in total. The predicted molar refractivity (Wildman–Crippen MR) is 122 cm³/mol. The number of carbonyl (C=O) groups is 2. The van der Waals surface area contributed by atoms with Gasteiger partial charge in [0, 0.05) is 11.1 Å². The summed E-state index contributed by atoms with van der Waals surface area (Å²) in [5.74, 6) is -2.24. The van der Waals surface area contributed by atoms with E-state index in [2.05, 4.69) is 10.5 Å². The largest absolute Gasteiger partial charge is 0.464 e. The quantitative estimate of drug-likeness (QED) is 0.545. The van der Waals surface area contributed by atoms with Crippen LogP contribution in [0.5, 0.6) is 0 Å². The fraction of sp³-hybridized carbons (Fsp3) is 0.125. The summed E-state index contributed by atoms with van der Waals surface area (Å²) in [5.41, 5.74) is -0.273. The topological polar surface area (TPSA) is 77.0 Å². The van der Waals surface area contributed by atoms with Crippen LogP contribution in [0.2, 0.25) is 10.0 Å². The van der Waals surface area contributed by atoms with E-state index in [1.807, 2.05) is 6.07 Å². The van der Waals surface area contributed by atoms with Gasteiger partial charge in [0.15, 0.2) is 0 Å². The summed E-state index contributed by atoms with van der Waals surface area (Å²) < 4.78 is 5.05. The Balaban J connectivity index is 1.87. The molecule has 4 rings (SSSR count). The maximum atomic E-state index is 13.1. The third-order valence-corrected chi connectivity index (χ3v) is 5.77. The lowest BCUT2D eigenvalue weighted by atomic mass is 9.81. The zero-order chi connectivity index (χ0) is 22.7. The molecule has 1 N–H and O–H groups in total. The van der Waals surface area contributed by atoms with Gasteiger partial charge in [-0.3, -0.25) is 4.79 Å². The molecule has 0 radical (unpaired) electrons. The third-order valence-electron chi connectivity index (χ3n) is 5.14. The molecule has 0 unspecified atom stereocenters. The molecule has 1 heterocycles. The molecule has 0 spiro atoms. The monoisotopic (exact) mass is 468 g/mol. The smallest absolute Gasteiger partial charge is 0.375 e. The summed E-state index contributed by atoms with van der Waals surface area (Å²) in [6, 6.07) is 22.5. The highest BCUT2D eigenvalue weighted by molar-refractivity contribution is 6.40. The van der Waals surface area contributed by atoms with Crippen LogP contribution in [0.15, 0.2) is 84.0 Å². The van der Waals surface area contributed by atoms with Gasteiger partial charge in [0.1, 0.15) is 11.6 Å². The Hall–Kier alpha value is -3.35. The molecule has 1 aliphatic heterocycles. The van der Waals surface area contributed by atoms with Crippen molar-refractivity contribution in [2.75, 3.05) is 7.11 Å². The zero-order valence-electron chi connectivity index (χ0n) is 16.9.